The molecule has 1 rings (SSSR count). The van der Waals surface area contributed by atoms with Gasteiger partial charge in [0.2, 0.25) is 5.91 Å². The Kier molecular flexibility index (Phi) is 7.44. The third-order valence-corrected chi connectivity index (χ3v) is 4.45. The summed E-state index contributed by atoms with van der Waals surface area (Å²) in [5.74, 6) is 1.80. The van der Waals surface area contributed by atoms with Crippen LogP contribution in [0.25, 0.3) is 0 Å². The van der Waals surface area contributed by atoms with Crippen molar-refractivity contribution in [3.05, 3.63) is 0 Å². The summed E-state index contributed by atoms with van der Waals surface area (Å²) in [6.07, 6.45) is 0.731. The van der Waals surface area contributed by atoms with Crippen molar-refractivity contribution in [2.24, 2.45) is 11.7 Å². The number of hydrogen-bond donors (Lipinski definition) is 1. The normalized spacial score (nSPS) is 22.8. The maximum absolute atomic E-state index is 11.9. The lowest BCUT2D eigenvalue weighted by Crippen LogP contribution is -2.49. The van der Waals surface area contributed by atoms with Crippen molar-refractivity contribution in [1.82, 2.24) is 4.90 Å². The molecule has 2 N–H and O–H groups in total. The van der Waals surface area contributed by atoms with Gasteiger partial charge >= 0.3 is 0 Å². The molecular weight excluding hydrogens is 244 g/mol. The third kappa shape index (κ3) is 4.15. The molecule has 0 spiro atoms. The first-order valence-corrected chi connectivity index (χ1v) is 6.77. The molecule has 1 aliphatic heterocycles. The Morgan fingerprint density at radius 3 is 2.69 bits per heavy atom. The highest BCUT2D eigenvalue weighted by Gasteiger charge is 2.27. The molecule has 96 valence electrons. The molecule has 3 nitrogen and oxygen atoms in total. The molecule has 0 radical (unpaired) electrons. The van der Waals surface area contributed by atoms with Gasteiger partial charge in [-0.2, -0.15) is 11.8 Å². The van der Waals surface area contributed by atoms with E-state index >= 15 is 0 Å². The number of nitrogens with zero attached hydrogens (tertiary/aromatic N) is 1. The molecular formula is C11H23ClN2OS. The summed E-state index contributed by atoms with van der Waals surface area (Å²) in [5, 5.41) is 0.576. The highest BCUT2D eigenvalue weighted by atomic mass is 35.5. The van der Waals surface area contributed by atoms with Crippen LogP contribution in [0.15, 0.2) is 0 Å². The largest absolute Gasteiger partial charge is 0.339 e. The topological polar surface area (TPSA) is 46.3 Å². The molecule has 0 saturated carbocycles. The second-order valence-corrected chi connectivity index (χ2v) is 5.80. The Balaban J connectivity index is 0.00000225. The predicted molar refractivity (Wildman–Crippen MR) is 73.2 cm³/mol. The fourth-order valence-electron chi connectivity index (χ4n) is 1.69. The summed E-state index contributed by atoms with van der Waals surface area (Å²) in [4.78, 5) is 13.8. The Morgan fingerprint density at radius 1 is 1.56 bits per heavy atom. The summed E-state index contributed by atoms with van der Waals surface area (Å²) in [5.41, 5.74) is 5.77. The minimum Gasteiger partial charge on any atom is -0.339 e. The SMILES string of the molecule is CC[C@H](N)C(=O)N1CCSC(C(C)C)C1.Cl. The van der Waals surface area contributed by atoms with Gasteiger partial charge in [0, 0.05) is 24.1 Å². The maximum atomic E-state index is 11.9. The van der Waals surface area contributed by atoms with Crippen LogP contribution >= 0.6 is 24.2 Å². The lowest BCUT2D eigenvalue weighted by atomic mass is 10.1. The lowest BCUT2D eigenvalue weighted by molar-refractivity contribution is -0.132. The van der Waals surface area contributed by atoms with Gasteiger partial charge in [0.25, 0.3) is 0 Å². The van der Waals surface area contributed by atoms with Crippen LogP contribution in [0.4, 0.5) is 0 Å². The molecule has 0 aromatic carbocycles. The van der Waals surface area contributed by atoms with Crippen LogP contribution in [0.3, 0.4) is 0 Å². The molecule has 5 heteroatoms. The number of rotatable bonds is 3. The fraction of sp³-hybridized carbons (Fsp3) is 0.909. The summed E-state index contributed by atoms with van der Waals surface area (Å²) in [6, 6.07) is -0.305. The van der Waals surface area contributed by atoms with Crippen LogP contribution < -0.4 is 5.73 Å². The minimum absolute atomic E-state index is 0. The van der Waals surface area contributed by atoms with Crippen LogP contribution in [0, 0.1) is 5.92 Å². The van der Waals surface area contributed by atoms with E-state index in [-0.39, 0.29) is 24.4 Å². The highest BCUT2D eigenvalue weighted by molar-refractivity contribution is 8.00. The van der Waals surface area contributed by atoms with Crippen molar-refractivity contribution in [3.8, 4) is 0 Å². The van der Waals surface area contributed by atoms with Gasteiger partial charge in [-0.15, -0.1) is 12.4 Å². The van der Waals surface area contributed by atoms with Gasteiger partial charge in [-0.05, 0) is 12.3 Å². The number of amides is 1. The smallest absolute Gasteiger partial charge is 0.239 e. The number of halogens is 1. The van der Waals surface area contributed by atoms with Crippen molar-refractivity contribution in [2.45, 2.75) is 38.5 Å². The zero-order valence-corrected chi connectivity index (χ0v) is 11.9. The van der Waals surface area contributed by atoms with Gasteiger partial charge in [0.15, 0.2) is 0 Å². The van der Waals surface area contributed by atoms with Crippen LogP contribution in [-0.4, -0.2) is 40.9 Å². The maximum Gasteiger partial charge on any atom is 0.239 e. The average Bonchev–Trinajstić information content (AvgIpc) is 2.27. The van der Waals surface area contributed by atoms with Crippen molar-refractivity contribution < 1.29 is 4.79 Å². The monoisotopic (exact) mass is 266 g/mol. The standard InChI is InChI=1S/C11H22N2OS.ClH/c1-4-9(12)11(14)13-5-6-15-10(7-13)8(2)3;/h8-10H,4-7,12H2,1-3H3;1H/t9-,10?;/m0./s1. The molecule has 1 heterocycles. The number of hydrogen-bond acceptors (Lipinski definition) is 3. The van der Waals surface area contributed by atoms with E-state index in [9.17, 15) is 4.79 Å². The number of nitrogens with two attached hydrogens (primary N) is 1. The Hall–Kier alpha value is 0.0700. The van der Waals surface area contributed by atoms with Crippen LogP contribution in [0.5, 0.6) is 0 Å². The van der Waals surface area contributed by atoms with Gasteiger partial charge in [0.05, 0.1) is 6.04 Å². The molecule has 16 heavy (non-hydrogen) atoms. The third-order valence-electron chi connectivity index (χ3n) is 2.91. The first kappa shape index (κ1) is 16.1. The van der Waals surface area contributed by atoms with Gasteiger partial charge in [-0.3, -0.25) is 4.79 Å². The van der Waals surface area contributed by atoms with Crippen LogP contribution in [0.1, 0.15) is 27.2 Å². The Morgan fingerprint density at radius 2 is 2.19 bits per heavy atom. The Bertz CT molecular complexity index is 226. The van der Waals surface area contributed by atoms with E-state index in [1.165, 1.54) is 0 Å². The van der Waals surface area contributed by atoms with E-state index in [1.54, 1.807) is 0 Å². The predicted octanol–water partition coefficient (Wildman–Crippen LogP) is 1.75. The van der Waals surface area contributed by atoms with Gasteiger partial charge in [-0.1, -0.05) is 20.8 Å². The molecule has 1 amide bonds. The van der Waals surface area contributed by atoms with Crippen molar-refractivity contribution in [2.75, 3.05) is 18.8 Å². The van der Waals surface area contributed by atoms with E-state index in [0.717, 1.165) is 25.3 Å². The molecule has 0 aliphatic carbocycles. The van der Waals surface area contributed by atoms with Crippen molar-refractivity contribution in [3.63, 3.8) is 0 Å². The van der Waals surface area contributed by atoms with Gasteiger partial charge in [0.1, 0.15) is 0 Å². The average molecular weight is 267 g/mol. The first-order chi connectivity index (χ1) is 7.06. The van der Waals surface area contributed by atoms with Gasteiger partial charge < -0.3 is 10.6 Å². The number of thioether (sulfide) groups is 1. The molecule has 0 aromatic rings. The minimum atomic E-state index is -0.305. The van der Waals surface area contributed by atoms with E-state index in [4.69, 9.17) is 5.73 Å². The van der Waals surface area contributed by atoms with Crippen LogP contribution in [-0.2, 0) is 4.79 Å². The van der Waals surface area contributed by atoms with Crippen molar-refractivity contribution >= 4 is 30.1 Å². The summed E-state index contributed by atoms with van der Waals surface area (Å²) < 4.78 is 0. The zero-order chi connectivity index (χ0) is 11.4. The van der Waals surface area contributed by atoms with E-state index < -0.39 is 0 Å². The van der Waals surface area contributed by atoms with Crippen molar-refractivity contribution in [1.29, 1.82) is 0 Å². The summed E-state index contributed by atoms with van der Waals surface area (Å²) in [6.45, 7) is 8.12. The second kappa shape index (κ2) is 7.41. The summed E-state index contributed by atoms with van der Waals surface area (Å²) >= 11 is 1.98. The fourth-order valence-corrected chi connectivity index (χ4v) is 2.99. The number of carbonyl (C=O) groups is 1. The molecule has 1 fully saturated rings. The quantitative estimate of drug-likeness (QED) is 0.847. The molecule has 0 bridgehead atoms. The van der Waals surface area contributed by atoms with Gasteiger partial charge in [-0.25, -0.2) is 0 Å². The molecule has 1 unspecified atom stereocenters. The molecule has 1 saturated heterocycles. The first-order valence-electron chi connectivity index (χ1n) is 5.72. The molecule has 1 aliphatic rings. The second-order valence-electron chi connectivity index (χ2n) is 4.45. The summed E-state index contributed by atoms with van der Waals surface area (Å²) in [7, 11) is 0. The molecule has 0 aromatic heterocycles. The van der Waals surface area contributed by atoms with E-state index in [1.807, 2.05) is 23.6 Å². The highest BCUT2D eigenvalue weighted by Crippen LogP contribution is 2.25. The Labute approximate surface area is 109 Å². The van der Waals surface area contributed by atoms with Crippen LogP contribution in [0.2, 0.25) is 0 Å². The van der Waals surface area contributed by atoms with E-state index in [0.29, 0.717) is 11.2 Å². The van der Waals surface area contributed by atoms with E-state index in [2.05, 4.69) is 13.8 Å². The lowest BCUT2D eigenvalue weighted by Gasteiger charge is -2.35. The zero-order valence-electron chi connectivity index (χ0n) is 10.3. The molecule has 2 atom stereocenters. The number of carbonyl (C=O) groups excluding carboxylic acids is 1.